The molecule has 1 aliphatic carbocycles. The fourth-order valence-corrected chi connectivity index (χ4v) is 4.11. The quantitative estimate of drug-likeness (QED) is 0.464. The summed E-state index contributed by atoms with van der Waals surface area (Å²) in [5, 5.41) is 7.95. The van der Waals surface area contributed by atoms with Crippen molar-refractivity contribution >= 4 is 46.4 Å². The Balaban J connectivity index is 1.59. The second-order valence-corrected chi connectivity index (χ2v) is 8.44. The molecule has 0 saturated carbocycles. The number of hydrazone groups is 1. The minimum absolute atomic E-state index is 0.186. The van der Waals surface area contributed by atoms with Crippen LogP contribution in [0, 0.1) is 13.8 Å². The molecule has 0 unspecified atom stereocenters. The molecule has 3 aromatic rings. The van der Waals surface area contributed by atoms with Crippen molar-refractivity contribution in [2.45, 2.75) is 33.1 Å². The van der Waals surface area contributed by atoms with E-state index in [2.05, 4.69) is 15.8 Å². The molecule has 0 atom stereocenters. The third kappa shape index (κ3) is 4.42. The zero-order chi connectivity index (χ0) is 22.8. The average Bonchev–Trinajstić information content (AvgIpc) is 3.12. The van der Waals surface area contributed by atoms with Crippen molar-refractivity contribution < 1.29 is 14.0 Å². The van der Waals surface area contributed by atoms with Crippen molar-refractivity contribution in [3.8, 4) is 0 Å². The number of rotatable bonds is 4. The Kier molecular flexibility index (Phi) is 6.35. The summed E-state index contributed by atoms with van der Waals surface area (Å²) in [6, 6.07) is 12.1. The number of carbonyl (C=O) groups excluding carboxylic acids is 2. The standard InChI is InChI=1S/C24H21Cl2N3O3/c1-13-6-3-4-7-16(13)23(30)29-28-18-8-5-9-20-21(18)14(2)22(32-20)24(31)27-19-12-15(25)10-11-17(19)26/h3-4,6-7,10-12H,5,8-9H2,1-2H3,(H,27,31)(H,29,30)/b28-18+. The van der Waals surface area contributed by atoms with Gasteiger partial charge in [0.25, 0.3) is 11.8 Å². The van der Waals surface area contributed by atoms with Gasteiger partial charge < -0.3 is 9.73 Å². The highest BCUT2D eigenvalue weighted by Gasteiger charge is 2.28. The van der Waals surface area contributed by atoms with Crippen LogP contribution >= 0.6 is 23.2 Å². The van der Waals surface area contributed by atoms with E-state index in [0.29, 0.717) is 51.2 Å². The molecule has 0 radical (unpaired) electrons. The van der Waals surface area contributed by atoms with Crippen LogP contribution in [0.4, 0.5) is 5.69 Å². The Hall–Kier alpha value is -3.09. The summed E-state index contributed by atoms with van der Waals surface area (Å²) in [5.74, 6) is 0.160. The number of nitrogens with one attached hydrogen (secondary N) is 2. The third-order valence-corrected chi connectivity index (χ3v) is 5.96. The number of hydrogen-bond acceptors (Lipinski definition) is 4. The highest BCUT2D eigenvalue weighted by atomic mass is 35.5. The average molecular weight is 470 g/mol. The molecule has 6 nitrogen and oxygen atoms in total. The zero-order valence-electron chi connectivity index (χ0n) is 17.6. The van der Waals surface area contributed by atoms with Crippen LogP contribution in [-0.2, 0) is 6.42 Å². The van der Waals surface area contributed by atoms with Crippen LogP contribution < -0.4 is 10.7 Å². The number of nitrogens with zero attached hydrogens (tertiary/aromatic N) is 1. The van der Waals surface area contributed by atoms with Crippen molar-refractivity contribution in [2.24, 2.45) is 5.10 Å². The number of hydrogen-bond donors (Lipinski definition) is 2. The number of benzene rings is 2. The smallest absolute Gasteiger partial charge is 0.291 e. The SMILES string of the molecule is Cc1ccccc1C(=O)N/N=C1\CCCc2oc(C(=O)Nc3cc(Cl)ccc3Cl)c(C)c21. The van der Waals surface area contributed by atoms with Crippen LogP contribution in [0.25, 0.3) is 0 Å². The van der Waals surface area contributed by atoms with Crippen LogP contribution in [-0.4, -0.2) is 17.5 Å². The number of fused-ring (bicyclic) bond motifs is 1. The van der Waals surface area contributed by atoms with Gasteiger partial charge in [-0.1, -0.05) is 41.4 Å². The summed E-state index contributed by atoms with van der Waals surface area (Å²) >= 11 is 12.2. The van der Waals surface area contributed by atoms with Crippen LogP contribution in [0.15, 0.2) is 52.0 Å². The highest BCUT2D eigenvalue weighted by Crippen LogP contribution is 2.31. The Morgan fingerprint density at radius 3 is 2.59 bits per heavy atom. The van der Waals surface area contributed by atoms with Gasteiger partial charge in [-0.05, 0) is 56.5 Å². The molecule has 8 heteroatoms. The van der Waals surface area contributed by atoms with Crippen molar-refractivity contribution in [3.05, 3.63) is 86.3 Å². The molecule has 164 valence electrons. The number of halogens is 2. The summed E-state index contributed by atoms with van der Waals surface area (Å²) in [6.45, 7) is 3.68. The van der Waals surface area contributed by atoms with Gasteiger partial charge in [0.15, 0.2) is 5.76 Å². The van der Waals surface area contributed by atoms with Gasteiger partial charge in [0, 0.05) is 28.1 Å². The van der Waals surface area contributed by atoms with Gasteiger partial charge in [-0.3, -0.25) is 9.59 Å². The summed E-state index contributed by atoms with van der Waals surface area (Å²) in [6.07, 6.45) is 2.16. The Morgan fingerprint density at radius 1 is 1.03 bits per heavy atom. The highest BCUT2D eigenvalue weighted by molar-refractivity contribution is 6.35. The van der Waals surface area contributed by atoms with Crippen molar-refractivity contribution in [2.75, 3.05) is 5.32 Å². The van der Waals surface area contributed by atoms with Gasteiger partial charge in [-0.2, -0.15) is 5.10 Å². The molecule has 0 saturated heterocycles. The van der Waals surface area contributed by atoms with Crippen LogP contribution in [0.5, 0.6) is 0 Å². The van der Waals surface area contributed by atoms with Gasteiger partial charge in [-0.25, -0.2) is 5.43 Å². The van der Waals surface area contributed by atoms with E-state index < -0.39 is 5.91 Å². The molecule has 1 aromatic heterocycles. The molecule has 2 aromatic carbocycles. The van der Waals surface area contributed by atoms with Gasteiger partial charge in [0.2, 0.25) is 0 Å². The Bertz CT molecular complexity index is 1250. The maximum absolute atomic E-state index is 12.9. The molecule has 0 bridgehead atoms. The summed E-state index contributed by atoms with van der Waals surface area (Å²) in [5.41, 5.74) is 6.60. The molecule has 4 rings (SSSR count). The molecular formula is C24H21Cl2N3O3. The molecule has 2 N–H and O–H groups in total. The van der Waals surface area contributed by atoms with E-state index in [9.17, 15) is 9.59 Å². The van der Waals surface area contributed by atoms with E-state index in [0.717, 1.165) is 17.5 Å². The van der Waals surface area contributed by atoms with Crippen LogP contribution in [0.2, 0.25) is 10.0 Å². The lowest BCUT2D eigenvalue weighted by atomic mass is 9.93. The Labute approximate surface area is 195 Å². The lowest BCUT2D eigenvalue weighted by molar-refractivity contribution is 0.0953. The van der Waals surface area contributed by atoms with Crippen molar-refractivity contribution in [3.63, 3.8) is 0 Å². The lowest BCUT2D eigenvalue weighted by Gasteiger charge is -2.13. The fourth-order valence-electron chi connectivity index (χ4n) is 3.78. The van der Waals surface area contributed by atoms with Crippen molar-refractivity contribution in [1.82, 2.24) is 5.43 Å². The predicted molar refractivity (Wildman–Crippen MR) is 126 cm³/mol. The minimum atomic E-state index is -0.427. The number of amides is 2. The number of aryl methyl sites for hydroxylation is 2. The van der Waals surface area contributed by atoms with E-state index in [-0.39, 0.29) is 11.7 Å². The molecular weight excluding hydrogens is 449 g/mol. The zero-order valence-corrected chi connectivity index (χ0v) is 19.1. The van der Waals surface area contributed by atoms with E-state index in [1.165, 1.54) is 0 Å². The number of furan rings is 1. The maximum Gasteiger partial charge on any atom is 0.291 e. The van der Waals surface area contributed by atoms with Crippen LogP contribution in [0.1, 0.15) is 56.2 Å². The molecule has 32 heavy (non-hydrogen) atoms. The van der Waals surface area contributed by atoms with Crippen LogP contribution in [0.3, 0.4) is 0 Å². The normalized spacial score (nSPS) is 14.2. The van der Waals surface area contributed by atoms with Gasteiger partial charge >= 0.3 is 0 Å². The van der Waals surface area contributed by atoms with Gasteiger partial charge in [0.1, 0.15) is 5.76 Å². The summed E-state index contributed by atoms with van der Waals surface area (Å²) < 4.78 is 5.90. The fraction of sp³-hybridized carbons (Fsp3) is 0.208. The number of anilines is 1. The second kappa shape index (κ2) is 9.18. The first-order valence-electron chi connectivity index (χ1n) is 10.2. The first-order valence-corrected chi connectivity index (χ1v) is 10.9. The molecule has 0 fully saturated rings. The van der Waals surface area contributed by atoms with E-state index in [1.807, 2.05) is 25.1 Å². The van der Waals surface area contributed by atoms with Crippen molar-refractivity contribution in [1.29, 1.82) is 0 Å². The lowest BCUT2D eigenvalue weighted by Crippen LogP contribution is -2.22. The Morgan fingerprint density at radius 2 is 1.81 bits per heavy atom. The monoisotopic (exact) mass is 469 g/mol. The first kappa shape index (κ1) is 22.1. The predicted octanol–water partition coefficient (Wildman–Crippen LogP) is 5.93. The topological polar surface area (TPSA) is 83.7 Å². The third-order valence-electron chi connectivity index (χ3n) is 5.39. The van der Waals surface area contributed by atoms with E-state index in [4.69, 9.17) is 27.6 Å². The molecule has 0 spiro atoms. The maximum atomic E-state index is 12.9. The first-order chi connectivity index (χ1) is 15.3. The van der Waals surface area contributed by atoms with E-state index >= 15 is 0 Å². The summed E-state index contributed by atoms with van der Waals surface area (Å²) in [4.78, 5) is 25.4. The minimum Gasteiger partial charge on any atom is -0.455 e. The number of carbonyl (C=O) groups is 2. The van der Waals surface area contributed by atoms with Gasteiger partial charge in [0.05, 0.1) is 16.4 Å². The van der Waals surface area contributed by atoms with E-state index in [1.54, 1.807) is 31.2 Å². The second-order valence-electron chi connectivity index (χ2n) is 7.60. The van der Waals surface area contributed by atoms with Gasteiger partial charge in [-0.15, -0.1) is 0 Å². The molecule has 0 aliphatic heterocycles. The summed E-state index contributed by atoms with van der Waals surface area (Å²) in [7, 11) is 0. The molecule has 1 heterocycles. The molecule has 2 amide bonds. The largest absolute Gasteiger partial charge is 0.455 e. The molecule has 1 aliphatic rings.